The molecule has 2 amide bonds. The van der Waals surface area contributed by atoms with Crippen molar-refractivity contribution in [3.63, 3.8) is 0 Å². The van der Waals surface area contributed by atoms with Gasteiger partial charge in [-0.1, -0.05) is 35.9 Å². The van der Waals surface area contributed by atoms with Gasteiger partial charge in [0.15, 0.2) is 0 Å². The van der Waals surface area contributed by atoms with Crippen LogP contribution in [0.1, 0.15) is 47.7 Å². The first-order chi connectivity index (χ1) is 21.2. The fourth-order valence-electron chi connectivity index (χ4n) is 5.81. The maximum Gasteiger partial charge on any atom is 0.336 e. The van der Waals surface area contributed by atoms with Gasteiger partial charge in [-0.05, 0) is 61.4 Å². The molecule has 0 saturated carbocycles. The number of carbonyl (C=O) groups excluding carboxylic acids is 3. The number of piperazine rings is 1. The van der Waals surface area contributed by atoms with E-state index < -0.39 is 16.8 Å². The van der Waals surface area contributed by atoms with E-state index in [1.54, 1.807) is 72.2 Å². The molecule has 1 saturated heterocycles. The summed E-state index contributed by atoms with van der Waals surface area (Å²) in [5, 5.41) is 11.5. The van der Waals surface area contributed by atoms with Crippen LogP contribution in [0.3, 0.4) is 0 Å². The van der Waals surface area contributed by atoms with E-state index in [0.717, 1.165) is 16.8 Å². The van der Waals surface area contributed by atoms with E-state index in [1.807, 2.05) is 12.1 Å². The van der Waals surface area contributed by atoms with E-state index in [1.165, 1.54) is 12.1 Å². The van der Waals surface area contributed by atoms with Crippen molar-refractivity contribution in [1.29, 1.82) is 0 Å². The molecule has 11 heteroatoms. The van der Waals surface area contributed by atoms with Gasteiger partial charge in [-0.3, -0.25) is 19.7 Å². The average Bonchev–Trinajstić information content (AvgIpc) is 3.02. The Morgan fingerprint density at radius 2 is 1.70 bits per heavy atom. The molecule has 0 bridgehead atoms. The van der Waals surface area contributed by atoms with E-state index in [9.17, 15) is 24.5 Å². The third-order valence-electron chi connectivity index (χ3n) is 8.08. The number of anilines is 1. The zero-order chi connectivity index (χ0) is 31.4. The lowest BCUT2D eigenvalue weighted by Crippen LogP contribution is -2.48. The molecule has 2 heterocycles. The minimum absolute atomic E-state index is 0.0393. The zero-order valence-electron chi connectivity index (χ0n) is 24.6. The van der Waals surface area contributed by atoms with E-state index in [0.29, 0.717) is 48.0 Å². The second kappa shape index (κ2) is 13.3. The topological polar surface area (TPSA) is 113 Å². The highest BCUT2D eigenvalue weighted by molar-refractivity contribution is 6.30. The molecule has 0 aliphatic carbocycles. The largest absolute Gasteiger partial charge is 0.463 e. The van der Waals surface area contributed by atoms with E-state index in [-0.39, 0.29) is 37.1 Å². The molecular formula is C33H33ClN4O6. The Hall–Kier alpha value is -4.70. The molecule has 1 atom stereocenters. The zero-order valence-corrected chi connectivity index (χ0v) is 25.3. The second-order valence-electron chi connectivity index (χ2n) is 10.8. The number of nitro groups is 1. The van der Waals surface area contributed by atoms with Crippen molar-refractivity contribution < 1.29 is 24.0 Å². The highest BCUT2D eigenvalue weighted by Crippen LogP contribution is 2.38. The van der Waals surface area contributed by atoms with Crippen LogP contribution in [-0.4, -0.2) is 65.3 Å². The predicted molar refractivity (Wildman–Crippen MR) is 166 cm³/mol. The number of ether oxygens (including phenoxy) is 1. The van der Waals surface area contributed by atoms with Gasteiger partial charge in [-0.25, -0.2) is 4.79 Å². The Morgan fingerprint density at radius 1 is 1.00 bits per heavy atom. The Balaban J connectivity index is 1.31. The molecule has 0 N–H and O–H groups in total. The lowest BCUT2D eigenvalue weighted by atomic mass is 9.83. The Bertz CT molecular complexity index is 1610. The molecule has 0 radical (unpaired) electrons. The van der Waals surface area contributed by atoms with Crippen molar-refractivity contribution in [3.05, 3.63) is 116 Å². The fraction of sp³-hybridized carbons (Fsp3) is 0.303. The van der Waals surface area contributed by atoms with Crippen LogP contribution in [0.5, 0.6) is 0 Å². The van der Waals surface area contributed by atoms with Gasteiger partial charge in [0.25, 0.3) is 11.6 Å². The van der Waals surface area contributed by atoms with Crippen LogP contribution >= 0.6 is 11.6 Å². The van der Waals surface area contributed by atoms with Gasteiger partial charge in [0.1, 0.15) is 0 Å². The number of allylic oxidation sites excluding steroid dienone is 1. The fourth-order valence-corrected chi connectivity index (χ4v) is 6.00. The predicted octanol–water partition coefficient (Wildman–Crippen LogP) is 5.56. The number of halogens is 1. The summed E-state index contributed by atoms with van der Waals surface area (Å²) < 4.78 is 5.39. The van der Waals surface area contributed by atoms with Gasteiger partial charge in [0.2, 0.25) is 5.91 Å². The molecule has 228 valence electrons. The first-order valence-corrected chi connectivity index (χ1v) is 14.9. The van der Waals surface area contributed by atoms with Crippen molar-refractivity contribution >= 4 is 40.8 Å². The number of nitrogens with zero attached hydrogens (tertiary/aromatic N) is 4. The van der Waals surface area contributed by atoms with Crippen LogP contribution in [0.15, 0.2) is 84.1 Å². The number of rotatable bonds is 8. The summed E-state index contributed by atoms with van der Waals surface area (Å²) in [6.07, 6.45) is 0.0868. The van der Waals surface area contributed by atoms with Crippen LogP contribution in [0.25, 0.3) is 0 Å². The normalized spacial score (nSPS) is 17.1. The third-order valence-corrected chi connectivity index (χ3v) is 8.31. The molecule has 0 aromatic heterocycles. The van der Waals surface area contributed by atoms with Gasteiger partial charge >= 0.3 is 5.97 Å². The number of esters is 1. The van der Waals surface area contributed by atoms with Gasteiger partial charge in [-0.2, -0.15) is 0 Å². The SMILES string of the molecule is CCOC(=O)C1=C(C)N(Cc2cccc(C(=O)N3CCN(c4ccc([N+](=O)[O-])cc4)CC3)c2)C(=O)CC1c1cccc(Cl)c1. The summed E-state index contributed by atoms with van der Waals surface area (Å²) in [4.78, 5) is 56.0. The van der Waals surface area contributed by atoms with Gasteiger partial charge in [-0.15, -0.1) is 0 Å². The first kappa shape index (κ1) is 30.7. The van der Waals surface area contributed by atoms with E-state index >= 15 is 0 Å². The summed E-state index contributed by atoms with van der Waals surface area (Å²) in [5.74, 6) is -1.20. The number of benzene rings is 3. The molecule has 44 heavy (non-hydrogen) atoms. The van der Waals surface area contributed by atoms with Crippen LogP contribution in [0.4, 0.5) is 11.4 Å². The van der Waals surface area contributed by atoms with Crippen molar-refractivity contribution in [2.75, 3.05) is 37.7 Å². The lowest BCUT2D eigenvalue weighted by molar-refractivity contribution is -0.384. The van der Waals surface area contributed by atoms with Crippen LogP contribution in [-0.2, 0) is 20.9 Å². The Kier molecular flexibility index (Phi) is 9.29. The molecule has 3 aromatic rings. The number of amides is 2. The van der Waals surface area contributed by atoms with E-state index in [4.69, 9.17) is 16.3 Å². The Labute approximate surface area is 260 Å². The van der Waals surface area contributed by atoms with Gasteiger partial charge in [0, 0.05) is 72.6 Å². The number of hydrogen-bond acceptors (Lipinski definition) is 7. The molecule has 10 nitrogen and oxygen atoms in total. The highest BCUT2D eigenvalue weighted by Gasteiger charge is 2.37. The minimum atomic E-state index is -0.478. The molecule has 3 aromatic carbocycles. The highest BCUT2D eigenvalue weighted by atomic mass is 35.5. The molecular weight excluding hydrogens is 584 g/mol. The molecule has 5 rings (SSSR count). The Morgan fingerprint density at radius 3 is 2.36 bits per heavy atom. The molecule has 1 unspecified atom stereocenters. The summed E-state index contributed by atoms with van der Waals surface area (Å²) >= 11 is 6.23. The maximum absolute atomic E-state index is 13.5. The number of hydrogen-bond donors (Lipinski definition) is 0. The summed E-state index contributed by atoms with van der Waals surface area (Å²) in [5.41, 5.74) is 3.90. The molecule has 0 spiro atoms. The van der Waals surface area contributed by atoms with Crippen LogP contribution in [0.2, 0.25) is 5.02 Å². The third kappa shape index (κ3) is 6.60. The molecule has 1 fully saturated rings. The van der Waals surface area contributed by atoms with Crippen molar-refractivity contribution in [2.24, 2.45) is 0 Å². The monoisotopic (exact) mass is 616 g/mol. The molecule has 2 aliphatic rings. The quantitative estimate of drug-likeness (QED) is 0.185. The summed E-state index contributed by atoms with van der Waals surface area (Å²) in [7, 11) is 0. The van der Waals surface area contributed by atoms with Gasteiger partial charge < -0.3 is 19.4 Å². The average molecular weight is 617 g/mol. The van der Waals surface area contributed by atoms with Crippen LogP contribution in [0, 0.1) is 10.1 Å². The number of nitro benzene ring substituents is 1. The maximum atomic E-state index is 13.5. The summed E-state index contributed by atoms with van der Waals surface area (Å²) in [6.45, 7) is 6.09. The van der Waals surface area contributed by atoms with Crippen molar-refractivity contribution in [2.45, 2.75) is 32.7 Å². The minimum Gasteiger partial charge on any atom is -0.463 e. The van der Waals surface area contributed by atoms with Crippen molar-refractivity contribution in [1.82, 2.24) is 9.80 Å². The van der Waals surface area contributed by atoms with Crippen molar-refractivity contribution in [3.8, 4) is 0 Å². The second-order valence-corrected chi connectivity index (χ2v) is 11.2. The van der Waals surface area contributed by atoms with Gasteiger partial charge in [0.05, 0.1) is 23.6 Å². The lowest BCUT2D eigenvalue weighted by Gasteiger charge is -2.36. The van der Waals surface area contributed by atoms with Crippen LogP contribution < -0.4 is 4.90 Å². The smallest absolute Gasteiger partial charge is 0.336 e. The van der Waals surface area contributed by atoms with E-state index in [2.05, 4.69) is 4.90 Å². The molecule has 2 aliphatic heterocycles. The first-order valence-electron chi connectivity index (χ1n) is 14.5. The number of carbonyl (C=O) groups is 3. The number of non-ortho nitro benzene ring substituents is 1. The standard InChI is InChI=1S/C33H33ClN4O6/c1-3-44-33(41)31-22(2)37(30(39)20-29(31)24-7-5-9-26(34)19-24)21-23-6-4-8-25(18-23)32(40)36-16-14-35(15-17-36)27-10-12-28(13-11-27)38(42)43/h4-13,18-19,29H,3,14-17,20-21H2,1-2H3. The summed E-state index contributed by atoms with van der Waals surface area (Å²) in [6, 6.07) is 20.8.